The van der Waals surface area contributed by atoms with Crippen LogP contribution in [0.5, 0.6) is 5.75 Å². The highest BCUT2D eigenvalue weighted by Crippen LogP contribution is 2.40. The summed E-state index contributed by atoms with van der Waals surface area (Å²) >= 11 is 7.60. The summed E-state index contributed by atoms with van der Waals surface area (Å²) in [7, 11) is -1.55. The zero-order chi connectivity index (χ0) is 19.9. The van der Waals surface area contributed by atoms with Gasteiger partial charge in [0.25, 0.3) is 0 Å². The first-order valence-electron chi connectivity index (χ1n) is 8.65. The number of halogens is 2. The number of thioether (sulfide) groups is 1. The molecular formula is C19H18ClFN2O3S2. The summed E-state index contributed by atoms with van der Waals surface area (Å²) in [6, 6.07) is 11.2. The predicted octanol–water partition coefficient (Wildman–Crippen LogP) is 3.76. The van der Waals surface area contributed by atoms with Crippen LogP contribution >= 0.6 is 23.4 Å². The fourth-order valence-corrected chi connectivity index (χ4v) is 6.80. The molecular weight excluding hydrogens is 423 g/mol. The summed E-state index contributed by atoms with van der Waals surface area (Å²) in [6.45, 7) is 0. The van der Waals surface area contributed by atoms with E-state index < -0.39 is 9.84 Å². The van der Waals surface area contributed by atoms with E-state index >= 15 is 0 Å². The van der Waals surface area contributed by atoms with E-state index in [-0.39, 0.29) is 29.4 Å². The smallest absolute Gasteiger partial charge is 0.164 e. The summed E-state index contributed by atoms with van der Waals surface area (Å²) < 4.78 is 43.1. The van der Waals surface area contributed by atoms with E-state index in [4.69, 9.17) is 21.3 Å². The van der Waals surface area contributed by atoms with Crippen molar-refractivity contribution in [1.29, 1.82) is 0 Å². The quantitative estimate of drug-likeness (QED) is 0.724. The van der Waals surface area contributed by atoms with Crippen LogP contribution in [0.4, 0.5) is 10.1 Å². The number of sulfone groups is 1. The van der Waals surface area contributed by atoms with Crippen molar-refractivity contribution in [2.75, 3.05) is 23.5 Å². The number of hydrogen-bond acceptors (Lipinski definition) is 6. The minimum Gasteiger partial charge on any atom is -0.495 e. The average Bonchev–Trinajstić information content (AvgIpc) is 3.12. The highest BCUT2D eigenvalue weighted by atomic mass is 35.5. The van der Waals surface area contributed by atoms with Gasteiger partial charge in [-0.1, -0.05) is 41.6 Å². The zero-order valence-corrected chi connectivity index (χ0v) is 17.4. The van der Waals surface area contributed by atoms with Gasteiger partial charge in [0.1, 0.15) is 11.6 Å². The van der Waals surface area contributed by atoms with Gasteiger partial charge in [-0.3, -0.25) is 4.99 Å². The molecule has 148 valence electrons. The number of fused-ring (bicyclic) bond motifs is 1. The summed E-state index contributed by atoms with van der Waals surface area (Å²) in [5.41, 5.74) is 1.58. The standard InChI is InChI=1S/C19H18ClFN2O3S2/c1-26-18-5-3-2-4-16(18)23-17-11-28(24,25)10-15(17)22-19(23)27-9-12-6-7-13(21)8-14(12)20/h2-8,15,17H,9-11H2,1H3/t15-,17+/m1/s1. The van der Waals surface area contributed by atoms with Crippen molar-refractivity contribution < 1.29 is 17.5 Å². The second kappa shape index (κ2) is 7.57. The van der Waals surface area contributed by atoms with Gasteiger partial charge in [0.2, 0.25) is 0 Å². The molecule has 0 amide bonds. The largest absolute Gasteiger partial charge is 0.495 e. The molecule has 0 aromatic heterocycles. The topological polar surface area (TPSA) is 59.0 Å². The molecule has 0 radical (unpaired) electrons. The predicted molar refractivity (Wildman–Crippen MR) is 112 cm³/mol. The number of amidine groups is 1. The Morgan fingerprint density at radius 1 is 1.29 bits per heavy atom. The first-order chi connectivity index (χ1) is 13.4. The maximum absolute atomic E-state index is 13.3. The van der Waals surface area contributed by atoms with Gasteiger partial charge < -0.3 is 9.64 Å². The minimum atomic E-state index is -3.13. The third-order valence-electron chi connectivity index (χ3n) is 4.82. The Bertz CT molecular complexity index is 1050. The molecule has 2 aromatic carbocycles. The second-order valence-electron chi connectivity index (χ2n) is 6.69. The second-order valence-corrected chi connectivity index (χ2v) is 10.2. The lowest BCUT2D eigenvalue weighted by molar-refractivity contribution is 0.415. The number of para-hydroxylation sites is 2. The van der Waals surface area contributed by atoms with Crippen molar-refractivity contribution in [2.24, 2.45) is 4.99 Å². The number of benzene rings is 2. The lowest BCUT2D eigenvalue weighted by Gasteiger charge is -2.28. The third-order valence-corrected chi connectivity index (χ3v) is 7.89. The highest BCUT2D eigenvalue weighted by molar-refractivity contribution is 8.13. The molecule has 0 spiro atoms. The first-order valence-corrected chi connectivity index (χ1v) is 11.8. The van der Waals surface area contributed by atoms with E-state index in [1.165, 1.54) is 23.9 Å². The van der Waals surface area contributed by atoms with Gasteiger partial charge in [0.05, 0.1) is 36.4 Å². The van der Waals surface area contributed by atoms with Crippen LogP contribution in [0.3, 0.4) is 0 Å². The molecule has 0 saturated carbocycles. The molecule has 2 heterocycles. The van der Waals surface area contributed by atoms with Gasteiger partial charge in [-0.25, -0.2) is 12.8 Å². The van der Waals surface area contributed by atoms with Gasteiger partial charge in [0, 0.05) is 10.8 Å². The van der Waals surface area contributed by atoms with Crippen molar-refractivity contribution in [2.45, 2.75) is 17.8 Å². The number of rotatable bonds is 4. The van der Waals surface area contributed by atoms with Gasteiger partial charge in [-0.15, -0.1) is 0 Å². The molecule has 1 fully saturated rings. The fourth-order valence-electron chi connectivity index (χ4n) is 3.52. The van der Waals surface area contributed by atoms with Crippen LogP contribution in [0.15, 0.2) is 47.5 Å². The van der Waals surface area contributed by atoms with E-state index in [9.17, 15) is 12.8 Å². The summed E-state index contributed by atoms with van der Waals surface area (Å²) in [5.74, 6) is 0.869. The molecule has 28 heavy (non-hydrogen) atoms. The number of nitrogens with zero attached hydrogens (tertiary/aromatic N) is 2. The summed E-state index contributed by atoms with van der Waals surface area (Å²) in [6.07, 6.45) is 0. The average molecular weight is 441 g/mol. The van der Waals surface area contributed by atoms with Crippen LogP contribution in [0.2, 0.25) is 5.02 Å². The van der Waals surface area contributed by atoms with Crippen molar-refractivity contribution in [3.63, 3.8) is 0 Å². The van der Waals surface area contributed by atoms with Gasteiger partial charge in [-0.2, -0.15) is 0 Å². The lowest BCUT2D eigenvalue weighted by Crippen LogP contribution is -2.39. The molecule has 5 nitrogen and oxygen atoms in total. The first kappa shape index (κ1) is 19.5. The van der Waals surface area contributed by atoms with Crippen molar-refractivity contribution >= 4 is 44.1 Å². The SMILES string of the molecule is COc1ccccc1N1C(SCc2ccc(F)cc2Cl)=N[C@@H]2CS(=O)(=O)C[C@@H]21. The Balaban J connectivity index is 1.66. The maximum atomic E-state index is 13.3. The Labute approximate surface area is 172 Å². The molecule has 0 aliphatic carbocycles. The number of methoxy groups -OCH3 is 1. The highest BCUT2D eigenvalue weighted by Gasteiger charge is 2.47. The van der Waals surface area contributed by atoms with Crippen LogP contribution in [0.25, 0.3) is 0 Å². The number of aliphatic imine (C=N–C) groups is 1. The lowest BCUT2D eigenvalue weighted by atomic mass is 10.1. The summed E-state index contributed by atoms with van der Waals surface area (Å²) in [5, 5.41) is 1.08. The van der Waals surface area contributed by atoms with Crippen molar-refractivity contribution in [3.05, 3.63) is 58.9 Å². The van der Waals surface area contributed by atoms with Gasteiger partial charge in [-0.05, 0) is 29.8 Å². The molecule has 2 aromatic rings. The Hall–Kier alpha value is -1.77. The van der Waals surface area contributed by atoms with E-state index in [1.807, 2.05) is 29.2 Å². The Morgan fingerprint density at radius 3 is 2.82 bits per heavy atom. The van der Waals surface area contributed by atoms with E-state index in [2.05, 4.69) is 0 Å². The molecule has 1 saturated heterocycles. The molecule has 2 aliphatic heterocycles. The third kappa shape index (κ3) is 3.73. The van der Waals surface area contributed by atoms with Crippen LogP contribution in [-0.4, -0.2) is 44.3 Å². The van der Waals surface area contributed by atoms with E-state index in [0.717, 1.165) is 16.4 Å². The minimum absolute atomic E-state index is 0.0463. The van der Waals surface area contributed by atoms with Crippen molar-refractivity contribution in [1.82, 2.24) is 0 Å². The van der Waals surface area contributed by atoms with Crippen LogP contribution in [-0.2, 0) is 15.6 Å². The van der Waals surface area contributed by atoms with Gasteiger partial charge >= 0.3 is 0 Å². The molecule has 2 aliphatic rings. The monoisotopic (exact) mass is 440 g/mol. The molecule has 4 rings (SSSR count). The molecule has 2 atom stereocenters. The van der Waals surface area contributed by atoms with Crippen LogP contribution < -0.4 is 9.64 Å². The Kier molecular flexibility index (Phi) is 5.28. The fraction of sp³-hybridized carbons (Fsp3) is 0.316. The number of hydrogen-bond donors (Lipinski definition) is 0. The van der Waals surface area contributed by atoms with E-state index in [0.29, 0.717) is 16.5 Å². The van der Waals surface area contributed by atoms with E-state index in [1.54, 1.807) is 13.2 Å². The normalized spacial score (nSPS) is 22.8. The van der Waals surface area contributed by atoms with Gasteiger partial charge in [0.15, 0.2) is 15.0 Å². The number of ether oxygens (including phenoxy) is 1. The van der Waals surface area contributed by atoms with Crippen LogP contribution in [0.1, 0.15) is 5.56 Å². The molecule has 0 bridgehead atoms. The maximum Gasteiger partial charge on any atom is 0.164 e. The molecule has 0 unspecified atom stereocenters. The molecule has 0 N–H and O–H groups in total. The van der Waals surface area contributed by atoms with Crippen LogP contribution in [0, 0.1) is 5.82 Å². The summed E-state index contributed by atoms with van der Waals surface area (Å²) in [4.78, 5) is 6.65. The Morgan fingerprint density at radius 2 is 2.07 bits per heavy atom. The zero-order valence-electron chi connectivity index (χ0n) is 15.0. The number of anilines is 1. The molecule has 9 heteroatoms. The van der Waals surface area contributed by atoms with Crippen molar-refractivity contribution in [3.8, 4) is 5.75 Å².